The van der Waals surface area contributed by atoms with Crippen molar-refractivity contribution in [3.8, 4) is 0 Å². The number of aryl methyl sites for hydroxylation is 2. The molecule has 1 aromatic heterocycles. The Labute approximate surface area is 114 Å². The molecule has 1 saturated carbocycles. The van der Waals surface area contributed by atoms with Gasteiger partial charge in [0.25, 0.3) is 0 Å². The summed E-state index contributed by atoms with van der Waals surface area (Å²) >= 11 is 0. The van der Waals surface area contributed by atoms with Crippen molar-refractivity contribution in [2.24, 2.45) is 13.0 Å². The topological polar surface area (TPSA) is 59.0 Å². The van der Waals surface area contributed by atoms with Crippen molar-refractivity contribution < 1.29 is 4.79 Å². The van der Waals surface area contributed by atoms with Gasteiger partial charge in [-0.3, -0.25) is 9.48 Å². The van der Waals surface area contributed by atoms with Gasteiger partial charge in [0.05, 0.1) is 23.6 Å². The quantitative estimate of drug-likeness (QED) is 0.852. The fourth-order valence-corrected chi connectivity index (χ4v) is 1.85. The van der Waals surface area contributed by atoms with Crippen LogP contribution in [0, 0.1) is 19.8 Å². The molecule has 0 radical (unpaired) electrons. The third-order valence-electron chi connectivity index (χ3n) is 3.19. The van der Waals surface area contributed by atoms with Crippen LogP contribution in [0.15, 0.2) is 0 Å². The number of carbonyl (C=O) groups is 1. The molecule has 1 aliphatic rings. The number of hydrogen-bond donors (Lipinski definition) is 2. The van der Waals surface area contributed by atoms with E-state index in [1.165, 1.54) is 12.8 Å². The number of aromatic nitrogens is 2. The summed E-state index contributed by atoms with van der Waals surface area (Å²) in [6.07, 6.45) is 2.60. The van der Waals surface area contributed by atoms with Crippen LogP contribution in [0.5, 0.6) is 0 Å². The van der Waals surface area contributed by atoms with Crippen LogP contribution in [0.1, 0.15) is 24.2 Å². The molecule has 0 saturated heterocycles. The lowest BCUT2D eigenvalue weighted by Crippen LogP contribution is -2.29. The van der Waals surface area contributed by atoms with Crippen molar-refractivity contribution in [3.63, 3.8) is 0 Å². The second-order valence-corrected chi connectivity index (χ2v) is 4.79. The standard InChI is InChI=1S/C12H20N4O.ClH/c1-8-12(9(2)16(3)15-8)14-11(17)7-13-6-10-4-5-10;/h10,13H,4-7H2,1-3H3,(H,14,17);1H. The summed E-state index contributed by atoms with van der Waals surface area (Å²) in [7, 11) is 1.88. The number of carbonyl (C=O) groups excluding carboxylic acids is 1. The van der Waals surface area contributed by atoms with Gasteiger partial charge in [-0.2, -0.15) is 5.10 Å². The van der Waals surface area contributed by atoms with Gasteiger partial charge in [-0.15, -0.1) is 12.4 Å². The Kier molecular flexibility index (Phi) is 5.16. The second kappa shape index (κ2) is 6.20. The Balaban J connectivity index is 0.00000162. The first-order valence-electron chi connectivity index (χ1n) is 6.08. The minimum Gasteiger partial charge on any atom is -0.322 e. The largest absolute Gasteiger partial charge is 0.322 e. The van der Waals surface area contributed by atoms with Gasteiger partial charge in [0.1, 0.15) is 0 Å². The molecule has 1 amide bonds. The Bertz CT molecular complexity index is 426. The zero-order valence-corrected chi connectivity index (χ0v) is 11.9. The maximum Gasteiger partial charge on any atom is 0.238 e. The van der Waals surface area contributed by atoms with Crippen molar-refractivity contribution in [1.82, 2.24) is 15.1 Å². The highest BCUT2D eigenvalue weighted by Gasteiger charge is 2.20. The first-order chi connectivity index (χ1) is 8.08. The van der Waals surface area contributed by atoms with Crippen LogP contribution in [-0.2, 0) is 11.8 Å². The van der Waals surface area contributed by atoms with E-state index in [4.69, 9.17) is 0 Å². The number of rotatable bonds is 5. The molecule has 2 N–H and O–H groups in total. The highest BCUT2D eigenvalue weighted by Crippen LogP contribution is 2.27. The van der Waals surface area contributed by atoms with Crippen molar-refractivity contribution in [2.45, 2.75) is 26.7 Å². The van der Waals surface area contributed by atoms with Crippen LogP contribution in [0.4, 0.5) is 5.69 Å². The summed E-state index contributed by atoms with van der Waals surface area (Å²) in [4.78, 5) is 11.7. The van der Waals surface area contributed by atoms with Crippen LogP contribution in [0.25, 0.3) is 0 Å². The molecular weight excluding hydrogens is 252 g/mol. The third kappa shape index (κ3) is 3.71. The molecule has 0 spiro atoms. The van der Waals surface area contributed by atoms with E-state index in [0.29, 0.717) is 6.54 Å². The fourth-order valence-electron chi connectivity index (χ4n) is 1.85. The molecule has 1 aromatic rings. The Morgan fingerprint density at radius 2 is 2.11 bits per heavy atom. The van der Waals surface area contributed by atoms with E-state index in [1.54, 1.807) is 4.68 Å². The molecule has 6 heteroatoms. The van der Waals surface area contributed by atoms with Crippen LogP contribution in [0.2, 0.25) is 0 Å². The Morgan fingerprint density at radius 1 is 1.44 bits per heavy atom. The van der Waals surface area contributed by atoms with Gasteiger partial charge in [0, 0.05) is 7.05 Å². The van der Waals surface area contributed by atoms with Gasteiger partial charge in [-0.1, -0.05) is 0 Å². The van der Waals surface area contributed by atoms with Crippen molar-refractivity contribution >= 4 is 24.0 Å². The van der Waals surface area contributed by atoms with E-state index in [-0.39, 0.29) is 18.3 Å². The summed E-state index contributed by atoms with van der Waals surface area (Å²) in [6.45, 7) is 5.19. The molecule has 1 aliphatic carbocycles. The molecule has 2 rings (SSSR count). The average molecular weight is 273 g/mol. The third-order valence-corrected chi connectivity index (χ3v) is 3.19. The SMILES string of the molecule is Cc1nn(C)c(C)c1NC(=O)CNCC1CC1.Cl. The maximum absolute atomic E-state index is 11.7. The van der Waals surface area contributed by atoms with E-state index in [2.05, 4.69) is 15.7 Å². The zero-order chi connectivity index (χ0) is 12.4. The van der Waals surface area contributed by atoms with Gasteiger partial charge >= 0.3 is 0 Å². The molecule has 0 unspecified atom stereocenters. The zero-order valence-electron chi connectivity index (χ0n) is 11.1. The van der Waals surface area contributed by atoms with Crippen molar-refractivity contribution in [1.29, 1.82) is 0 Å². The van der Waals surface area contributed by atoms with Gasteiger partial charge in [0.15, 0.2) is 0 Å². The molecule has 0 aromatic carbocycles. The lowest BCUT2D eigenvalue weighted by molar-refractivity contribution is -0.115. The molecule has 102 valence electrons. The molecule has 18 heavy (non-hydrogen) atoms. The van der Waals surface area contributed by atoms with Gasteiger partial charge in [-0.05, 0) is 39.2 Å². The van der Waals surface area contributed by atoms with E-state index >= 15 is 0 Å². The van der Waals surface area contributed by atoms with Gasteiger partial charge in [0.2, 0.25) is 5.91 Å². The number of nitrogens with zero attached hydrogens (tertiary/aromatic N) is 2. The number of anilines is 1. The van der Waals surface area contributed by atoms with Crippen LogP contribution >= 0.6 is 12.4 Å². The monoisotopic (exact) mass is 272 g/mol. The summed E-state index contributed by atoms with van der Waals surface area (Å²) < 4.78 is 1.78. The maximum atomic E-state index is 11.7. The summed E-state index contributed by atoms with van der Waals surface area (Å²) in [5.74, 6) is 0.800. The van der Waals surface area contributed by atoms with Crippen molar-refractivity contribution in [2.75, 3.05) is 18.4 Å². The van der Waals surface area contributed by atoms with Crippen LogP contribution < -0.4 is 10.6 Å². The van der Waals surface area contributed by atoms with E-state index in [9.17, 15) is 4.79 Å². The minimum atomic E-state index is 0. The molecular formula is C12H21ClN4O. The molecule has 0 bridgehead atoms. The van der Waals surface area contributed by atoms with Crippen LogP contribution in [-0.4, -0.2) is 28.8 Å². The number of nitrogens with one attached hydrogen (secondary N) is 2. The van der Waals surface area contributed by atoms with E-state index in [0.717, 1.165) is 29.5 Å². The normalized spacial score (nSPS) is 14.2. The molecule has 1 fully saturated rings. The predicted octanol–water partition coefficient (Wildman–Crippen LogP) is 1.40. The van der Waals surface area contributed by atoms with Crippen molar-refractivity contribution in [3.05, 3.63) is 11.4 Å². The minimum absolute atomic E-state index is 0. The molecule has 0 atom stereocenters. The lowest BCUT2D eigenvalue weighted by Gasteiger charge is -2.06. The Morgan fingerprint density at radius 3 is 2.61 bits per heavy atom. The first kappa shape index (κ1) is 15.0. The fraction of sp³-hybridized carbons (Fsp3) is 0.667. The summed E-state index contributed by atoms with van der Waals surface area (Å²) in [5, 5.41) is 10.3. The smallest absolute Gasteiger partial charge is 0.238 e. The molecule has 1 heterocycles. The summed E-state index contributed by atoms with van der Waals surface area (Å²) in [5.41, 5.74) is 2.68. The van der Waals surface area contributed by atoms with E-state index in [1.807, 2.05) is 20.9 Å². The first-order valence-corrected chi connectivity index (χ1v) is 6.08. The highest BCUT2D eigenvalue weighted by molar-refractivity contribution is 5.93. The van der Waals surface area contributed by atoms with E-state index < -0.39 is 0 Å². The van der Waals surface area contributed by atoms with Gasteiger partial charge in [-0.25, -0.2) is 0 Å². The van der Waals surface area contributed by atoms with Gasteiger partial charge < -0.3 is 10.6 Å². The lowest BCUT2D eigenvalue weighted by atomic mass is 10.3. The number of halogens is 1. The average Bonchev–Trinajstić information content (AvgIpc) is 3.04. The summed E-state index contributed by atoms with van der Waals surface area (Å²) in [6, 6.07) is 0. The van der Waals surface area contributed by atoms with Crippen LogP contribution in [0.3, 0.4) is 0 Å². The highest BCUT2D eigenvalue weighted by atomic mass is 35.5. The molecule has 0 aliphatic heterocycles. The second-order valence-electron chi connectivity index (χ2n) is 4.79. The number of hydrogen-bond acceptors (Lipinski definition) is 3. The number of amides is 1. The predicted molar refractivity (Wildman–Crippen MR) is 74.2 cm³/mol. The molecule has 5 nitrogen and oxygen atoms in total. The Hall–Kier alpha value is -1.07.